The Labute approximate surface area is 141 Å². The number of carbonyl (C=O) groups is 1. The van der Waals surface area contributed by atoms with E-state index in [1.165, 1.54) is 11.1 Å². The van der Waals surface area contributed by atoms with Gasteiger partial charge in [-0.3, -0.25) is 4.79 Å². The van der Waals surface area contributed by atoms with Crippen LogP contribution in [0.2, 0.25) is 0 Å². The third-order valence-electron chi connectivity index (χ3n) is 4.25. The Balaban J connectivity index is 1.46. The molecule has 1 unspecified atom stereocenters. The van der Waals surface area contributed by atoms with Gasteiger partial charge in [0.25, 0.3) is 0 Å². The largest absolute Gasteiger partial charge is 0.383 e. The van der Waals surface area contributed by atoms with E-state index < -0.39 is 5.60 Å². The Bertz CT molecular complexity index is 674. The molecular weight excluding hydrogens is 306 g/mol. The fraction of sp³-hybridized carbons (Fsp3) is 0.316. The quantitative estimate of drug-likeness (QED) is 0.858. The molecule has 1 aliphatic carbocycles. The minimum absolute atomic E-state index is 0.0243. The molecule has 0 saturated heterocycles. The summed E-state index contributed by atoms with van der Waals surface area (Å²) in [7, 11) is 0. The molecule has 0 radical (unpaired) electrons. The van der Waals surface area contributed by atoms with Crippen LogP contribution in [0.1, 0.15) is 23.1 Å². The Kier molecular flexibility index (Phi) is 5.03. The number of amides is 1. The first-order valence-electron chi connectivity index (χ1n) is 7.86. The van der Waals surface area contributed by atoms with Gasteiger partial charge in [-0.1, -0.05) is 54.6 Å². The first-order valence-corrected chi connectivity index (χ1v) is 9.02. The van der Waals surface area contributed by atoms with Crippen molar-refractivity contribution in [2.75, 3.05) is 12.3 Å². The van der Waals surface area contributed by atoms with Crippen molar-refractivity contribution in [1.29, 1.82) is 0 Å². The fourth-order valence-electron chi connectivity index (χ4n) is 2.98. The molecular formula is C19H21NO2S. The minimum atomic E-state index is -0.920. The minimum Gasteiger partial charge on any atom is -0.383 e. The van der Waals surface area contributed by atoms with Crippen molar-refractivity contribution in [2.45, 2.75) is 24.2 Å². The highest BCUT2D eigenvalue weighted by Gasteiger charge is 2.36. The van der Waals surface area contributed by atoms with Crippen LogP contribution in [-0.4, -0.2) is 23.3 Å². The molecule has 0 aliphatic heterocycles. The van der Waals surface area contributed by atoms with Crippen LogP contribution in [0, 0.1) is 0 Å². The Morgan fingerprint density at radius 1 is 1.13 bits per heavy atom. The Hall–Kier alpha value is -1.78. The number of nitrogens with one attached hydrogen (secondary N) is 1. The van der Waals surface area contributed by atoms with Crippen LogP contribution in [-0.2, 0) is 22.6 Å². The predicted molar refractivity (Wildman–Crippen MR) is 94.3 cm³/mol. The molecule has 1 aliphatic rings. The van der Waals surface area contributed by atoms with Crippen LogP contribution in [0.15, 0.2) is 54.6 Å². The molecule has 0 aromatic heterocycles. The number of aliphatic hydroxyl groups is 1. The summed E-state index contributed by atoms with van der Waals surface area (Å²) in [5, 5.41) is 13.7. The van der Waals surface area contributed by atoms with Crippen molar-refractivity contribution in [3.63, 3.8) is 0 Å². The highest BCUT2D eigenvalue weighted by atomic mass is 32.2. The highest BCUT2D eigenvalue weighted by Crippen LogP contribution is 2.36. The van der Waals surface area contributed by atoms with E-state index in [2.05, 4.69) is 17.4 Å². The second kappa shape index (κ2) is 7.20. The average molecular weight is 327 g/mol. The molecule has 3 rings (SSSR count). The summed E-state index contributed by atoms with van der Waals surface area (Å²) in [6.07, 6.45) is 1.54. The van der Waals surface area contributed by atoms with E-state index in [1.807, 2.05) is 42.5 Å². The van der Waals surface area contributed by atoms with Crippen molar-refractivity contribution < 1.29 is 9.90 Å². The maximum absolute atomic E-state index is 12.0. The first kappa shape index (κ1) is 16.1. The smallest absolute Gasteiger partial charge is 0.230 e. The number of rotatable bonds is 6. The number of hydrogen-bond donors (Lipinski definition) is 2. The van der Waals surface area contributed by atoms with Crippen LogP contribution < -0.4 is 5.32 Å². The lowest BCUT2D eigenvalue weighted by atomic mass is 9.96. The monoisotopic (exact) mass is 327 g/mol. The van der Waals surface area contributed by atoms with Crippen molar-refractivity contribution in [3.05, 3.63) is 71.3 Å². The zero-order valence-electron chi connectivity index (χ0n) is 13.0. The third kappa shape index (κ3) is 3.95. The van der Waals surface area contributed by atoms with E-state index in [0.29, 0.717) is 12.2 Å². The van der Waals surface area contributed by atoms with E-state index in [0.717, 1.165) is 17.7 Å². The van der Waals surface area contributed by atoms with Gasteiger partial charge in [0.05, 0.1) is 12.3 Å². The van der Waals surface area contributed by atoms with Crippen molar-refractivity contribution in [2.24, 2.45) is 0 Å². The molecule has 2 N–H and O–H groups in total. The molecule has 2 aromatic rings. The van der Waals surface area contributed by atoms with Gasteiger partial charge in [-0.2, -0.15) is 0 Å². The van der Waals surface area contributed by atoms with E-state index in [-0.39, 0.29) is 12.5 Å². The summed E-state index contributed by atoms with van der Waals surface area (Å²) in [4.78, 5) is 12.0. The number of carbonyl (C=O) groups excluding carboxylic acids is 1. The van der Waals surface area contributed by atoms with Gasteiger partial charge < -0.3 is 10.4 Å². The van der Waals surface area contributed by atoms with Crippen LogP contribution in [0.4, 0.5) is 0 Å². The zero-order valence-corrected chi connectivity index (χ0v) is 13.8. The number of benzene rings is 2. The third-order valence-corrected chi connectivity index (χ3v) is 5.25. The maximum atomic E-state index is 12.0. The molecule has 23 heavy (non-hydrogen) atoms. The molecule has 0 bridgehead atoms. The number of fused-ring (bicyclic) bond motifs is 1. The Morgan fingerprint density at radius 2 is 1.87 bits per heavy atom. The second-order valence-electron chi connectivity index (χ2n) is 5.94. The molecule has 4 heteroatoms. The second-order valence-corrected chi connectivity index (χ2v) is 6.93. The molecule has 1 amide bonds. The van der Waals surface area contributed by atoms with Gasteiger partial charge in [0, 0.05) is 5.75 Å². The number of thioether (sulfide) groups is 1. The molecule has 1 atom stereocenters. The van der Waals surface area contributed by atoms with Crippen molar-refractivity contribution >= 4 is 17.7 Å². The van der Waals surface area contributed by atoms with Gasteiger partial charge in [0.2, 0.25) is 5.91 Å². The van der Waals surface area contributed by atoms with E-state index in [1.54, 1.807) is 11.8 Å². The van der Waals surface area contributed by atoms with E-state index >= 15 is 0 Å². The standard InChI is InChI=1S/C19H21NO2S/c21-18(13-23-12-15-6-2-1-3-7-15)20-14-19(22)11-10-16-8-4-5-9-17(16)19/h1-9,22H,10-14H2,(H,20,21). The topological polar surface area (TPSA) is 49.3 Å². The summed E-state index contributed by atoms with van der Waals surface area (Å²) >= 11 is 1.59. The van der Waals surface area contributed by atoms with Gasteiger partial charge in [-0.05, 0) is 29.5 Å². The molecule has 0 heterocycles. The summed E-state index contributed by atoms with van der Waals surface area (Å²) < 4.78 is 0. The average Bonchev–Trinajstić information content (AvgIpc) is 2.92. The van der Waals surface area contributed by atoms with Crippen molar-refractivity contribution in [1.82, 2.24) is 5.32 Å². The SMILES string of the molecule is O=C(CSCc1ccccc1)NCC1(O)CCc2ccccc21. The van der Waals surface area contributed by atoms with Gasteiger partial charge >= 0.3 is 0 Å². The van der Waals surface area contributed by atoms with E-state index in [9.17, 15) is 9.90 Å². The van der Waals surface area contributed by atoms with Crippen LogP contribution in [0.25, 0.3) is 0 Å². The summed E-state index contributed by atoms with van der Waals surface area (Å²) in [5.74, 6) is 1.21. The number of hydrogen-bond acceptors (Lipinski definition) is 3. The lowest BCUT2D eigenvalue weighted by Crippen LogP contribution is -2.40. The molecule has 120 valence electrons. The van der Waals surface area contributed by atoms with Crippen LogP contribution in [0.5, 0.6) is 0 Å². The Morgan fingerprint density at radius 3 is 2.70 bits per heavy atom. The predicted octanol–water partition coefficient (Wildman–Crippen LogP) is 2.87. The normalized spacial score (nSPS) is 19.3. The van der Waals surface area contributed by atoms with Gasteiger partial charge in [0.1, 0.15) is 5.60 Å². The van der Waals surface area contributed by atoms with E-state index in [4.69, 9.17) is 0 Å². The van der Waals surface area contributed by atoms with Crippen molar-refractivity contribution in [3.8, 4) is 0 Å². The van der Waals surface area contributed by atoms with Gasteiger partial charge in [-0.25, -0.2) is 0 Å². The van der Waals surface area contributed by atoms with Crippen LogP contribution >= 0.6 is 11.8 Å². The first-order chi connectivity index (χ1) is 11.2. The fourth-order valence-corrected chi connectivity index (χ4v) is 3.80. The number of aryl methyl sites for hydroxylation is 1. The molecule has 2 aromatic carbocycles. The lowest BCUT2D eigenvalue weighted by Gasteiger charge is -2.24. The summed E-state index contributed by atoms with van der Waals surface area (Å²) in [6.45, 7) is 0.286. The lowest BCUT2D eigenvalue weighted by molar-refractivity contribution is -0.119. The van der Waals surface area contributed by atoms with Gasteiger partial charge in [-0.15, -0.1) is 11.8 Å². The van der Waals surface area contributed by atoms with Gasteiger partial charge in [0.15, 0.2) is 0 Å². The molecule has 0 spiro atoms. The van der Waals surface area contributed by atoms with Crippen LogP contribution in [0.3, 0.4) is 0 Å². The molecule has 3 nitrogen and oxygen atoms in total. The summed E-state index contributed by atoms with van der Waals surface area (Å²) in [6, 6.07) is 18.0. The molecule has 0 fully saturated rings. The zero-order chi connectivity index (χ0) is 16.1. The molecule has 0 saturated carbocycles. The maximum Gasteiger partial charge on any atom is 0.230 e. The summed E-state index contributed by atoms with van der Waals surface area (Å²) in [5.41, 5.74) is 2.43. The highest BCUT2D eigenvalue weighted by molar-refractivity contribution is 7.99.